The van der Waals surface area contributed by atoms with E-state index < -0.39 is 24.0 Å². The van der Waals surface area contributed by atoms with Gasteiger partial charge in [0.25, 0.3) is 11.8 Å². The van der Waals surface area contributed by atoms with Crippen molar-refractivity contribution in [2.75, 3.05) is 6.54 Å². The molecule has 28 heavy (non-hydrogen) atoms. The highest BCUT2D eigenvalue weighted by Crippen LogP contribution is 2.32. The Balaban J connectivity index is 1.37. The van der Waals surface area contributed by atoms with Crippen molar-refractivity contribution < 1.29 is 18.8 Å². The van der Waals surface area contributed by atoms with Crippen LogP contribution in [0.3, 0.4) is 0 Å². The topological polar surface area (TPSA) is 66.5 Å². The third-order valence-corrected chi connectivity index (χ3v) is 5.54. The average Bonchev–Trinajstić information content (AvgIpc) is 2.98. The third-order valence-electron chi connectivity index (χ3n) is 5.54. The van der Waals surface area contributed by atoms with Crippen molar-refractivity contribution in [1.29, 1.82) is 0 Å². The van der Waals surface area contributed by atoms with Crippen molar-refractivity contribution in [2.24, 2.45) is 0 Å². The van der Waals surface area contributed by atoms with Gasteiger partial charge in [0, 0.05) is 11.6 Å². The number of halogens is 1. The van der Waals surface area contributed by atoms with Crippen molar-refractivity contribution in [3.8, 4) is 0 Å². The Morgan fingerprint density at radius 3 is 2.18 bits per heavy atom. The van der Waals surface area contributed by atoms with Crippen molar-refractivity contribution in [3.63, 3.8) is 0 Å². The molecule has 5 nitrogen and oxygen atoms in total. The van der Waals surface area contributed by atoms with Crippen molar-refractivity contribution >= 4 is 17.6 Å². The second-order valence-corrected chi connectivity index (χ2v) is 7.29. The van der Waals surface area contributed by atoms with E-state index in [0.29, 0.717) is 29.5 Å². The smallest absolute Gasteiger partial charge is 0.261 e. The number of nitrogens with one attached hydrogen (secondary N) is 1. The highest BCUT2D eigenvalue weighted by molar-refractivity contribution is 6.21. The van der Waals surface area contributed by atoms with Crippen LogP contribution in [0.1, 0.15) is 50.3 Å². The second kappa shape index (κ2) is 7.64. The Labute approximate surface area is 162 Å². The predicted octanol–water partition coefficient (Wildman–Crippen LogP) is 3.01. The summed E-state index contributed by atoms with van der Waals surface area (Å²) in [6.45, 7) is 0.138. The van der Waals surface area contributed by atoms with Gasteiger partial charge in [0.05, 0.1) is 23.7 Å². The van der Waals surface area contributed by atoms with Gasteiger partial charge < -0.3 is 5.32 Å². The number of benzene rings is 2. The summed E-state index contributed by atoms with van der Waals surface area (Å²) in [5, 5.41) is 3.12. The maximum atomic E-state index is 14.9. The van der Waals surface area contributed by atoms with Crippen LogP contribution in [0.15, 0.2) is 54.6 Å². The van der Waals surface area contributed by atoms with Crippen LogP contribution in [-0.2, 0) is 0 Å². The van der Waals surface area contributed by atoms with Crippen molar-refractivity contribution in [2.45, 2.75) is 37.5 Å². The Hall–Kier alpha value is -2.86. The quantitative estimate of drug-likeness (QED) is 0.640. The van der Waals surface area contributed by atoms with E-state index in [4.69, 9.17) is 0 Å². The van der Waals surface area contributed by atoms with Gasteiger partial charge in [-0.25, -0.2) is 4.39 Å². The zero-order valence-electron chi connectivity index (χ0n) is 15.3. The minimum Gasteiger partial charge on any atom is -0.307 e. The number of carbonyl (C=O) groups is 3. The zero-order valence-corrected chi connectivity index (χ0v) is 15.3. The Bertz CT molecular complexity index is 880. The molecule has 1 aliphatic heterocycles. The number of nitrogens with zero attached hydrogens (tertiary/aromatic N) is 1. The Morgan fingerprint density at radius 1 is 0.964 bits per heavy atom. The summed E-state index contributed by atoms with van der Waals surface area (Å²) < 4.78 is 14.9. The van der Waals surface area contributed by atoms with Crippen LogP contribution in [0.25, 0.3) is 0 Å². The first-order chi connectivity index (χ1) is 13.6. The molecule has 6 heteroatoms. The first-order valence-corrected chi connectivity index (χ1v) is 9.49. The average molecular weight is 380 g/mol. The van der Waals surface area contributed by atoms with E-state index in [9.17, 15) is 18.8 Å². The first kappa shape index (κ1) is 18.5. The highest BCUT2D eigenvalue weighted by atomic mass is 19.1. The molecule has 1 aliphatic carbocycles. The van der Waals surface area contributed by atoms with Gasteiger partial charge >= 0.3 is 0 Å². The highest BCUT2D eigenvalue weighted by Gasteiger charge is 2.44. The molecule has 4 rings (SSSR count). The maximum absolute atomic E-state index is 14.9. The summed E-state index contributed by atoms with van der Waals surface area (Å²) in [6.07, 6.45) is -0.176. The first-order valence-electron chi connectivity index (χ1n) is 9.49. The Morgan fingerprint density at radius 2 is 1.57 bits per heavy atom. The normalized spacial score (nSPS) is 24.3. The minimum absolute atomic E-state index is 0.0431. The summed E-state index contributed by atoms with van der Waals surface area (Å²) in [6, 6.07) is 14.6. The second-order valence-electron chi connectivity index (χ2n) is 7.29. The molecule has 0 spiro atoms. The molecule has 0 unspecified atom stereocenters. The fourth-order valence-corrected chi connectivity index (χ4v) is 4.05. The third kappa shape index (κ3) is 3.36. The number of rotatable bonds is 5. The van der Waals surface area contributed by atoms with Gasteiger partial charge in [-0.2, -0.15) is 0 Å². The van der Waals surface area contributed by atoms with Crippen LogP contribution < -0.4 is 5.32 Å². The number of hydrogen-bond donors (Lipinski definition) is 1. The molecule has 0 saturated heterocycles. The van der Waals surface area contributed by atoms with Gasteiger partial charge in [-0.15, -0.1) is 0 Å². The number of hydrogen-bond acceptors (Lipinski definition) is 4. The lowest BCUT2D eigenvalue weighted by Gasteiger charge is -2.36. The van der Waals surface area contributed by atoms with Crippen molar-refractivity contribution in [1.82, 2.24) is 10.2 Å². The molecule has 1 saturated carbocycles. The number of imide groups is 1. The molecule has 2 amide bonds. The fraction of sp³-hybridized carbons (Fsp3) is 0.318. The number of amides is 2. The number of carbonyl (C=O) groups excluding carboxylic acids is 3. The lowest BCUT2D eigenvalue weighted by atomic mass is 9.88. The van der Waals surface area contributed by atoms with Gasteiger partial charge in [-0.3, -0.25) is 19.3 Å². The summed E-state index contributed by atoms with van der Waals surface area (Å²) in [5.74, 6) is -0.878. The van der Waals surface area contributed by atoms with Crippen LogP contribution >= 0.6 is 0 Å². The van der Waals surface area contributed by atoms with Gasteiger partial charge in [-0.1, -0.05) is 42.5 Å². The SMILES string of the molecule is O=C(CN[C@@H]1CC[C@@H](N2C(=O)c3ccccc3C2=O)[C@@H](F)C1)c1ccccc1. The van der Waals surface area contributed by atoms with E-state index in [2.05, 4.69) is 5.32 Å². The maximum Gasteiger partial charge on any atom is 0.261 e. The van der Waals surface area contributed by atoms with Crippen LogP contribution in [0.5, 0.6) is 0 Å². The van der Waals surface area contributed by atoms with Gasteiger partial charge in [0.1, 0.15) is 6.17 Å². The molecule has 2 aromatic carbocycles. The van der Waals surface area contributed by atoms with E-state index >= 15 is 0 Å². The molecular formula is C22H21FN2O3. The molecule has 3 atom stereocenters. The van der Waals surface area contributed by atoms with Crippen LogP contribution in [0.2, 0.25) is 0 Å². The zero-order chi connectivity index (χ0) is 19.7. The van der Waals surface area contributed by atoms with Gasteiger partial charge in [0.2, 0.25) is 0 Å². The molecular weight excluding hydrogens is 359 g/mol. The van der Waals surface area contributed by atoms with Gasteiger partial charge in [-0.05, 0) is 31.4 Å². The largest absolute Gasteiger partial charge is 0.307 e. The van der Waals surface area contributed by atoms with Crippen molar-refractivity contribution in [3.05, 3.63) is 71.3 Å². The van der Waals surface area contributed by atoms with Gasteiger partial charge in [0.15, 0.2) is 5.78 Å². The van der Waals surface area contributed by atoms with Crippen LogP contribution in [0, 0.1) is 0 Å². The van der Waals surface area contributed by atoms with E-state index in [1.54, 1.807) is 48.5 Å². The molecule has 0 aromatic heterocycles. The van der Waals surface area contributed by atoms with E-state index in [0.717, 1.165) is 4.90 Å². The summed E-state index contributed by atoms with van der Waals surface area (Å²) in [7, 11) is 0. The summed E-state index contributed by atoms with van der Waals surface area (Å²) >= 11 is 0. The summed E-state index contributed by atoms with van der Waals surface area (Å²) in [5.41, 5.74) is 1.30. The number of alkyl halides is 1. The molecule has 1 fully saturated rings. The van der Waals surface area contributed by atoms with E-state index in [1.807, 2.05) is 6.07 Å². The molecule has 0 bridgehead atoms. The Kier molecular flexibility index (Phi) is 5.05. The minimum atomic E-state index is -1.32. The molecule has 1 heterocycles. The number of ketones is 1. The molecule has 144 valence electrons. The molecule has 1 N–H and O–H groups in total. The predicted molar refractivity (Wildman–Crippen MR) is 102 cm³/mol. The lowest BCUT2D eigenvalue weighted by molar-refractivity contribution is 0.0386. The fourth-order valence-electron chi connectivity index (χ4n) is 4.05. The standard InChI is InChI=1S/C22H21FN2O3/c23-18-12-15(24-13-20(26)14-6-2-1-3-7-14)10-11-19(18)25-21(27)16-8-4-5-9-17(16)22(25)28/h1-9,15,18-19,24H,10-13H2/t15-,18+,19-/m1/s1. The number of Topliss-reactive ketones (excluding diaryl/α,β-unsaturated/α-hetero) is 1. The molecule has 0 radical (unpaired) electrons. The molecule has 2 aromatic rings. The molecule has 2 aliphatic rings. The van der Waals surface area contributed by atoms with E-state index in [1.165, 1.54) is 0 Å². The lowest BCUT2D eigenvalue weighted by Crippen LogP contribution is -2.51. The summed E-state index contributed by atoms with van der Waals surface area (Å²) in [4.78, 5) is 38.5. The monoisotopic (exact) mass is 380 g/mol. The van der Waals surface area contributed by atoms with E-state index in [-0.39, 0.29) is 24.8 Å². The number of fused-ring (bicyclic) bond motifs is 1. The van der Waals surface area contributed by atoms with Crippen LogP contribution in [-0.4, -0.2) is 47.3 Å². The van der Waals surface area contributed by atoms with Crippen LogP contribution in [0.4, 0.5) is 4.39 Å².